The zero-order valence-electron chi connectivity index (χ0n) is 15.1. The van der Waals surface area contributed by atoms with Gasteiger partial charge in [-0.2, -0.15) is 0 Å². The first-order valence-electron chi connectivity index (χ1n) is 8.59. The highest BCUT2D eigenvalue weighted by Gasteiger charge is 2.35. The number of anilines is 1. The second-order valence-electron chi connectivity index (χ2n) is 6.74. The SMILES string of the molecule is Cc1ccc(Cn2cc(C3N(C)C(=O)c4ccccc4N3C)nn2)cc1. The summed E-state index contributed by atoms with van der Waals surface area (Å²) in [4.78, 5) is 16.5. The predicted molar refractivity (Wildman–Crippen MR) is 100.0 cm³/mol. The van der Waals surface area contributed by atoms with Crippen molar-refractivity contribution in [1.82, 2.24) is 19.9 Å². The number of nitrogens with zero attached hydrogens (tertiary/aromatic N) is 5. The summed E-state index contributed by atoms with van der Waals surface area (Å²) >= 11 is 0. The average Bonchev–Trinajstić information content (AvgIpc) is 3.10. The third kappa shape index (κ3) is 2.73. The van der Waals surface area contributed by atoms with Gasteiger partial charge in [-0.25, -0.2) is 4.68 Å². The highest BCUT2D eigenvalue weighted by atomic mass is 16.2. The molecule has 1 aliphatic rings. The molecule has 1 unspecified atom stereocenters. The molecule has 6 heteroatoms. The zero-order chi connectivity index (χ0) is 18.3. The number of carbonyl (C=O) groups is 1. The number of amides is 1. The first-order valence-corrected chi connectivity index (χ1v) is 8.59. The molecule has 2 heterocycles. The monoisotopic (exact) mass is 347 g/mol. The Balaban J connectivity index is 1.63. The minimum absolute atomic E-state index is 0.00298. The van der Waals surface area contributed by atoms with Crippen molar-refractivity contribution in [3.05, 3.63) is 77.1 Å². The van der Waals surface area contributed by atoms with E-state index in [1.54, 1.807) is 11.9 Å². The molecule has 1 amide bonds. The van der Waals surface area contributed by atoms with E-state index in [9.17, 15) is 4.79 Å². The van der Waals surface area contributed by atoms with Crippen LogP contribution in [0.3, 0.4) is 0 Å². The Kier molecular flexibility index (Phi) is 3.95. The number of aromatic nitrogens is 3. The second kappa shape index (κ2) is 6.29. The van der Waals surface area contributed by atoms with Gasteiger partial charge in [0.05, 0.1) is 24.0 Å². The summed E-state index contributed by atoms with van der Waals surface area (Å²) in [6.45, 7) is 2.72. The van der Waals surface area contributed by atoms with E-state index in [1.807, 2.05) is 42.2 Å². The summed E-state index contributed by atoms with van der Waals surface area (Å²) in [6, 6.07) is 16.0. The minimum Gasteiger partial charge on any atom is -0.348 e. The van der Waals surface area contributed by atoms with Gasteiger partial charge in [-0.1, -0.05) is 47.2 Å². The number of hydrogen-bond acceptors (Lipinski definition) is 4. The number of fused-ring (bicyclic) bond motifs is 1. The van der Waals surface area contributed by atoms with Crippen LogP contribution in [0.4, 0.5) is 5.69 Å². The van der Waals surface area contributed by atoms with Crippen LogP contribution in [0.1, 0.15) is 33.3 Å². The van der Waals surface area contributed by atoms with Gasteiger partial charge >= 0.3 is 0 Å². The van der Waals surface area contributed by atoms with Gasteiger partial charge in [0.2, 0.25) is 0 Å². The van der Waals surface area contributed by atoms with Gasteiger partial charge in [-0.05, 0) is 24.6 Å². The summed E-state index contributed by atoms with van der Waals surface area (Å²) in [6.07, 6.45) is 1.64. The van der Waals surface area contributed by atoms with E-state index < -0.39 is 0 Å². The minimum atomic E-state index is -0.274. The van der Waals surface area contributed by atoms with Crippen LogP contribution in [0.25, 0.3) is 0 Å². The Labute approximate surface area is 152 Å². The molecule has 1 aliphatic heterocycles. The lowest BCUT2D eigenvalue weighted by atomic mass is 10.1. The fraction of sp³-hybridized carbons (Fsp3) is 0.250. The first kappa shape index (κ1) is 16.3. The molecule has 0 N–H and O–H groups in total. The molecule has 132 valence electrons. The Morgan fingerprint density at radius 3 is 2.50 bits per heavy atom. The molecular formula is C20H21N5O. The van der Waals surface area contributed by atoms with Gasteiger partial charge in [-0.3, -0.25) is 4.79 Å². The average molecular weight is 347 g/mol. The molecule has 1 atom stereocenters. The van der Waals surface area contributed by atoms with Gasteiger partial charge in [-0.15, -0.1) is 5.10 Å². The van der Waals surface area contributed by atoms with Crippen molar-refractivity contribution in [2.75, 3.05) is 19.0 Å². The van der Waals surface area contributed by atoms with Crippen LogP contribution in [0.15, 0.2) is 54.7 Å². The molecule has 3 aromatic rings. The van der Waals surface area contributed by atoms with E-state index in [2.05, 4.69) is 46.4 Å². The molecule has 0 radical (unpaired) electrons. The number of rotatable bonds is 3. The topological polar surface area (TPSA) is 54.3 Å². The largest absolute Gasteiger partial charge is 0.348 e. The lowest BCUT2D eigenvalue weighted by Gasteiger charge is -2.40. The first-order chi connectivity index (χ1) is 12.5. The normalized spacial score (nSPS) is 16.7. The summed E-state index contributed by atoms with van der Waals surface area (Å²) in [5.41, 5.74) is 4.77. The Morgan fingerprint density at radius 1 is 1.00 bits per heavy atom. The van der Waals surface area contributed by atoms with Crippen LogP contribution in [0.5, 0.6) is 0 Å². The van der Waals surface area contributed by atoms with Crippen molar-refractivity contribution in [2.45, 2.75) is 19.6 Å². The number of carbonyl (C=O) groups excluding carboxylic acids is 1. The van der Waals surface area contributed by atoms with E-state index in [0.29, 0.717) is 12.1 Å². The molecule has 0 fully saturated rings. The number of aryl methyl sites for hydroxylation is 1. The molecule has 0 spiro atoms. The standard InChI is InChI=1S/C20H21N5O/c1-14-8-10-15(11-9-14)12-25-13-17(21-22-25)19-23(2)18-7-5-4-6-16(18)20(26)24(19)3/h4-11,13,19H,12H2,1-3H3. The molecular weight excluding hydrogens is 326 g/mol. The van der Waals surface area contributed by atoms with Gasteiger partial charge in [0.25, 0.3) is 5.91 Å². The van der Waals surface area contributed by atoms with Crippen LogP contribution in [-0.4, -0.2) is 39.9 Å². The molecule has 4 rings (SSSR count). The third-order valence-electron chi connectivity index (χ3n) is 4.85. The maximum absolute atomic E-state index is 12.7. The van der Waals surface area contributed by atoms with Gasteiger partial charge < -0.3 is 9.80 Å². The van der Waals surface area contributed by atoms with Crippen molar-refractivity contribution in [3.63, 3.8) is 0 Å². The maximum atomic E-state index is 12.7. The molecule has 6 nitrogen and oxygen atoms in total. The smallest absolute Gasteiger partial charge is 0.257 e. The number of benzene rings is 2. The van der Waals surface area contributed by atoms with E-state index in [1.165, 1.54) is 11.1 Å². The van der Waals surface area contributed by atoms with Gasteiger partial charge in [0, 0.05) is 14.1 Å². The molecule has 1 aromatic heterocycles. The third-order valence-corrected chi connectivity index (χ3v) is 4.85. The summed E-state index contributed by atoms with van der Waals surface area (Å²) in [5.74, 6) is -0.00298. The molecule has 26 heavy (non-hydrogen) atoms. The number of para-hydroxylation sites is 1. The Bertz CT molecular complexity index is 947. The van der Waals surface area contributed by atoms with Crippen molar-refractivity contribution < 1.29 is 4.79 Å². The fourth-order valence-electron chi connectivity index (χ4n) is 3.44. The van der Waals surface area contributed by atoms with Crippen molar-refractivity contribution in [3.8, 4) is 0 Å². The van der Waals surface area contributed by atoms with E-state index in [-0.39, 0.29) is 12.1 Å². The Hall–Kier alpha value is -3.15. The van der Waals surface area contributed by atoms with E-state index in [0.717, 1.165) is 11.4 Å². The highest BCUT2D eigenvalue weighted by molar-refractivity contribution is 6.01. The maximum Gasteiger partial charge on any atom is 0.257 e. The number of hydrogen-bond donors (Lipinski definition) is 0. The van der Waals surface area contributed by atoms with Crippen molar-refractivity contribution in [2.24, 2.45) is 0 Å². The van der Waals surface area contributed by atoms with Crippen molar-refractivity contribution in [1.29, 1.82) is 0 Å². The molecule has 0 aliphatic carbocycles. The molecule has 0 saturated heterocycles. The molecule has 0 bridgehead atoms. The quantitative estimate of drug-likeness (QED) is 0.731. The predicted octanol–water partition coefficient (Wildman–Crippen LogP) is 2.86. The lowest BCUT2D eigenvalue weighted by Crippen LogP contribution is -2.45. The second-order valence-corrected chi connectivity index (χ2v) is 6.74. The zero-order valence-corrected chi connectivity index (χ0v) is 15.1. The van der Waals surface area contributed by atoms with E-state index in [4.69, 9.17) is 0 Å². The summed E-state index contributed by atoms with van der Waals surface area (Å²) in [7, 11) is 3.78. The van der Waals surface area contributed by atoms with Crippen LogP contribution in [0.2, 0.25) is 0 Å². The van der Waals surface area contributed by atoms with Crippen LogP contribution in [-0.2, 0) is 6.54 Å². The van der Waals surface area contributed by atoms with E-state index >= 15 is 0 Å². The van der Waals surface area contributed by atoms with Gasteiger partial charge in [0.1, 0.15) is 5.69 Å². The fourth-order valence-corrected chi connectivity index (χ4v) is 3.44. The van der Waals surface area contributed by atoms with Crippen LogP contribution >= 0.6 is 0 Å². The highest BCUT2D eigenvalue weighted by Crippen LogP contribution is 2.35. The van der Waals surface area contributed by atoms with Crippen LogP contribution in [0, 0.1) is 6.92 Å². The summed E-state index contributed by atoms with van der Waals surface area (Å²) in [5, 5.41) is 8.60. The summed E-state index contributed by atoms with van der Waals surface area (Å²) < 4.78 is 1.81. The molecule has 0 saturated carbocycles. The molecule has 2 aromatic carbocycles. The lowest BCUT2D eigenvalue weighted by molar-refractivity contribution is 0.0707. The van der Waals surface area contributed by atoms with Crippen LogP contribution < -0.4 is 4.90 Å². The Morgan fingerprint density at radius 2 is 1.73 bits per heavy atom. The van der Waals surface area contributed by atoms with Gasteiger partial charge in [0.15, 0.2) is 6.17 Å². The van der Waals surface area contributed by atoms with Crippen molar-refractivity contribution >= 4 is 11.6 Å².